The molecule has 0 amide bonds. The Morgan fingerprint density at radius 1 is 1.15 bits per heavy atom. The zero-order chi connectivity index (χ0) is 14.4. The van der Waals surface area contributed by atoms with Gasteiger partial charge in [-0.15, -0.1) is 0 Å². The van der Waals surface area contributed by atoms with Crippen LogP contribution in [0.4, 0.5) is 0 Å². The van der Waals surface area contributed by atoms with Crippen LogP contribution in [0.3, 0.4) is 0 Å². The Balaban J connectivity index is 1.85. The number of likely N-dealkylation sites (N-methyl/N-ethyl adjacent to an activating group) is 1. The zero-order valence-corrected chi connectivity index (χ0v) is 13.7. The first kappa shape index (κ1) is 16.3. The quantitative estimate of drug-likeness (QED) is 0.777. The molecule has 1 saturated carbocycles. The van der Waals surface area contributed by atoms with Crippen LogP contribution >= 0.6 is 0 Å². The molecule has 1 N–H and O–H groups in total. The molecule has 1 heterocycles. The molecule has 2 rings (SSSR count). The third-order valence-corrected chi connectivity index (χ3v) is 5.14. The number of hydrogen-bond donors (Lipinski definition) is 1. The average Bonchev–Trinajstić information content (AvgIpc) is 2.94. The fourth-order valence-electron chi connectivity index (χ4n) is 3.97. The third kappa shape index (κ3) is 4.71. The fraction of sp³-hybridized carbons (Fsp3) is 1.00. The highest BCUT2D eigenvalue weighted by molar-refractivity contribution is 4.86. The van der Waals surface area contributed by atoms with Crippen LogP contribution in [0.2, 0.25) is 0 Å². The van der Waals surface area contributed by atoms with E-state index < -0.39 is 0 Å². The Bertz CT molecular complexity index is 266. The summed E-state index contributed by atoms with van der Waals surface area (Å²) < 4.78 is 5.81. The van der Waals surface area contributed by atoms with Crippen molar-refractivity contribution >= 4 is 0 Å². The summed E-state index contributed by atoms with van der Waals surface area (Å²) >= 11 is 0. The molecule has 0 aromatic carbocycles. The lowest BCUT2D eigenvalue weighted by Gasteiger charge is -2.38. The normalized spacial score (nSPS) is 34.8. The number of ether oxygens (including phenoxy) is 1. The minimum absolute atomic E-state index is 0.494. The van der Waals surface area contributed by atoms with Gasteiger partial charge in [0.2, 0.25) is 0 Å². The molecule has 118 valence electrons. The van der Waals surface area contributed by atoms with Crippen LogP contribution in [0.25, 0.3) is 0 Å². The van der Waals surface area contributed by atoms with Gasteiger partial charge in [-0.05, 0) is 57.0 Å². The van der Waals surface area contributed by atoms with Crippen molar-refractivity contribution in [3.8, 4) is 0 Å². The summed E-state index contributed by atoms with van der Waals surface area (Å²) in [5.74, 6) is 1.72. The first-order valence-electron chi connectivity index (χ1n) is 8.80. The summed E-state index contributed by atoms with van der Waals surface area (Å²) in [4.78, 5) is 2.63. The third-order valence-electron chi connectivity index (χ3n) is 5.14. The van der Waals surface area contributed by atoms with Crippen LogP contribution in [-0.4, -0.2) is 49.8 Å². The van der Waals surface area contributed by atoms with E-state index in [9.17, 15) is 0 Å². The van der Waals surface area contributed by atoms with Gasteiger partial charge in [-0.1, -0.05) is 20.8 Å². The van der Waals surface area contributed by atoms with E-state index in [1.807, 2.05) is 0 Å². The Labute approximate surface area is 125 Å². The molecule has 2 aliphatic rings. The largest absolute Gasteiger partial charge is 0.377 e. The van der Waals surface area contributed by atoms with Gasteiger partial charge in [0, 0.05) is 25.7 Å². The molecule has 3 heteroatoms. The maximum atomic E-state index is 5.81. The van der Waals surface area contributed by atoms with Gasteiger partial charge in [-0.2, -0.15) is 0 Å². The Morgan fingerprint density at radius 2 is 2.00 bits per heavy atom. The first-order valence-corrected chi connectivity index (χ1v) is 8.80. The van der Waals surface area contributed by atoms with Crippen LogP contribution in [0.1, 0.15) is 52.9 Å². The predicted octanol–water partition coefficient (Wildman–Crippen LogP) is 2.90. The molecular formula is C17H34N2O. The van der Waals surface area contributed by atoms with Gasteiger partial charge in [-0.25, -0.2) is 0 Å². The lowest BCUT2D eigenvalue weighted by atomic mass is 9.78. The van der Waals surface area contributed by atoms with E-state index in [0.717, 1.165) is 44.1 Å². The number of nitrogens with one attached hydrogen (secondary N) is 1. The second kappa shape index (κ2) is 8.35. The van der Waals surface area contributed by atoms with Crippen molar-refractivity contribution in [2.24, 2.45) is 11.8 Å². The zero-order valence-electron chi connectivity index (χ0n) is 13.7. The fourth-order valence-corrected chi connectivity index (χ4v) is 3.97. The van der Waals surface area contributed by atoms with Crippen molar-refractivity contribution in [2.45, 2.75) is 65.0 Å². The maximum absolute atomic E-state index is 5.81. The van der Waals surface area contributed by atoms with E-state index in [4.69, 9.17) is 4.74 Å². The van der Waals surface area contributed by atoms with E-state index in [0.29, 0.717) is 6.10 Å². The molecular weight excluding hydrogens is 248 g/mol. The summed E-state index contributed by atoms with van der Waals surface area (Å²) in [6.45, 7) is 12.6. The first-order chi connectivity index (χ1) is 9.72. The van der Waals surface area contributed by atoms with Crippen molar-refractivity contribution in [3.63, 3.8) is 0 Å². The SMILES string of the molecule is CCNC1CCC(C)CC1CN(CC)CC1CCCO1. The lowest BCUT2D eigenvalue weighted by molar-refractivity contribution is 0.0603. The van der Waals surface area contributed by atoms with E-state index in [1.165, 1.54) is 38.6 Å². The summed E-state index contributed by atoms with van der Waals surface area (Å²) in [5, 5.41) is 3.72. The molecule has 0 spiro atoms. The minimum Gasteiger partial charge on any atom is -0.377 e. The van der Waals surface area contributed by atoms with E-state index in [-0.39, 0.29) is 0 Å². The van der Waals surface area contributed by atoms with Crippen LogP contribution in [0, 0.1) is 11.8 Å². The van der Waals surface area contributed by atoms with Crippen molar-refractivity contribution in [1.82, 2.24) is 10.2 Å². The van der Waals surface area contributed by atoms with Crippen molar-refractivity contribution in [2.75, 3.05) is 32.8 Å². The Morgan fingerprint density at radius 3 is 2.65 bits per heavy atom. The lowest BCUT2D eigenvalue weighted by Crippen LogP contribution is -2.46. The standard InChI is InChI=1S/C17H34N2O/c1-4-18-17-9-8-14(3)11-15(17)12-19(5-2)13-16-7-6-10-20-16/h14-18H,4-13H2,1-3H3. The summed E-state index contributed by atoms with van der Waals surface area (Å²) in [6.07, 6.45) is 7.15. The number of hydrogen-bond acceptors (Lipinski definition) is 3. The molecule has 4 atom stereocenters. The molecule has 0 radical (unpaired) electrons. The van der Waals surface area contributed by atoms with Crippen LogP contribution in [0.15, 0.2) is 0 Å². The Kier molecular flexibility index (Phi) is 6.79. The van der Waals surface area contributed by atoms with Gasteiger partial charge in [0.15, 0.2) is 0 Å². The van der Waals surface area contributed by atoms with Gasteiger partial charge in [-0.3, -0.25) is 0 Å². The molecule has 4 unspecified atom stereocenters. The number of rotatable bonds is 7. The topological polar surface area (TPSA) is 24.5 Å². The monoisotopic (exact) mass is 282 g/mol. The highest BCUT2D eigenvalue weighted by atomic mass is 16.5. The van der Waals surface area contributed by atoms with Gasteiger partial charge < -0.3 is 15.0 Å². The second-order valence-electron chi connectivity index (χ2n) is 6.83. The van der Waals surface area contributed by atoms with E-state index >= 15 is 0 Å². The van der Waals surface area contributed by atoms with Crippen LogP contribution in [-0.2, 0) is 4.74 Å². The van der Waals surface area contributed by atoms with Crippen LogP contribution in [0.5, 0.6) is 0 Å². The molecule has 1 aliphatic heterocycles. The van der Waals surface area contributed by atoms with Crippen molar-refractivity contribution in [1.29, 1.82) is 0 Å². The van der Waals surface area contributed by atoms with Crippen LogP contribution < -0.4 is 5.32 Å². The Hall–Kier alpha value is -0.120. The molecule has 0 bridgehead atoms. The van der Waals surface area contributed by atoms with E-state index in [2.05, 4.69) is 31.0 Å². The van der Waals surface area contributed by atoms with Gasteiger partial charge in [0.25, 0.3) is 0 Å². The molecule has 1 aliphatic carbocycles. The molecule has 0 aromatic rings. The predicted molar refractivity (Wildman–Crippen MR) is 85.1 cm³/mol. The smallest absolute Gasteiger partial charge is 0.0702 e. The summed E-state index contributed by atoms with van der Waals surface area (Å²) in [7, 11) is 0. The van der Waals surface area contributed by atoms with E-state index in [1.54, 1.807) is 0 Å². The van der Waals surface area contributed by atoms with Crippen molar-refractivity contribution in [3.05, 3.63) is 0 Å². The second-order valence-corrected chi connectivity index (χ2v) is 6.83. The summed E-state index contributed by atoms with van der Waals surface area (Å²) in [5.41, 5.74) is 0. The summed E-state index contributed by atoms with van der Waals surface area (Å²) in [6, 6.07) is 0.731. The highest BCUT2D eigenvalue weighted by Gasteiger charge is 2.30. The molecule has 2 fully saturated rings. The van der Waals surface area contributed by atoms with Gasteiger partial charge in [0.05, 0.1) is 6.10 Å². The minimum atomic E-state index is 0.494. The van der Waals surface area contributed by atoms with Gasteiger partial charge >= 0.3 is 0 Å². The number of nitrogens with zero attached hydrogens (tertiary/aromatic N) is 1. The highest BCUT2D eigenvalue weighted by Crippen LogP contribution is 2.30. The molecule has 20 heavy (non-hydrogen) atoms. The maximum Gasteiger partial charge on any atom is 0.0702 e. The molecule has 3 nitrogen and oxygen atoms in total. The average molecular weight is 282 g/mol. The molecule has 0 aromatic heterocycles. The molecule has 1 saturated heterocycles. The van der Waals surface area contributed by atoms with Gasteiger partial charge in [0.1, 0.15) is 0 Å². The van der Waals surface area contributed by atoms with Crippen molar-refractivity contribution < 1.29 is 4.74 Å².